The zero-order valence-corrected chi connectivity index (χ0v) is 30.1. The monoisotopic (exact) mass is 667 g/mol. The first kappa shape index (κ1) is 36.4. The Morgan fingerprint density at radius 3 is 2.19 bits per heavy atom. The number of ketones is 1. The van der Waals surface area contributed by atoms with E-state index in [-0.39, 0.29) is 47.2 Å². The lowest BCUT2D eigenvalue weighted by Crippen LogP contribution is -2.63. The molecule has 0 aromatic heterocycles. The number of Topliss-reactive ketones (excluding diaryl/α,β-unsaturated/α-hetero) is 1. The van der Waals surface area contributed by atoms with Crippen molar-refractivity contribution in [2.75, 3.05) is 13.1 Å². The Kier molecular flexibility index (Phi) is 11.0. The number of piperidine rings is 1. The van der Waals surface area contributed by atoms with Crippen molar-refractivity contribution in [2.45, 2.75) is 148 Å². The molecule has 10 heteroatoms. The van der Waals surface area contributed by atoms with Gasteiger partial charge in [-0.15, -0.1) is 6.58 Å². The third-order valence-corrected chi connectivity index (χ3v) is 12.4. The van der Waals surface area contributed by atoms with Crippen LogP contribution < -0.4 is 21.3 Å². The molecule has 10 nitrogen and oxygen atoms in total. The van der Waals surface area contributed by atoms with Crippen LogP contribution in [0.5, 0.6) is 0 Å². The molecule has 4 aliphatic carbocycles. The Morgan fingerprint density at radius 1 is 0.917 bits per heavy atom. The van der Waals surface area contributed by atoms with E-state index in [1.807, 2.05) is 20.8 Å². The minimum Gasteiger partial charge on any atom is -0.346 e. The van der Waals surface area contributed by atoms with Crippen LogP contribution in [0.25, 0.3) is 0 Å². The van der Waals surface area contributed by atoms with Gasteiger partial charge in [0.2, 0.25) is 17.6 Å². The molecule has 48 heavy (non-hydrogen) atoms. The van der Waals surface area contributed by atoms with Crippen molar-refractivity contribution in [3.8, 4) is 0 Å². The van der Waals surface area contributed by atoms with Crippen molar-refractivity contribution in [1.82, 2.24) is 26.2 Å². The van der Waals surface area contributed by atoms with Crippen LogP contribution in [0.1, 0.15) is 125 Å². The lowest BCUT2D eigenvalue weighted by atomic mass is 9.77. The lowest BCUT2D eigenvalue weighted by Gasteiger charge is -2.41. The van der Waals surface area contributed by atoms with Crippen molar-refractivity contribution in [1.29, 1.82) is 0 Å². The smallest absolute Gasteiger partial charge is 0.315 e. The van der Waals surface area contributed by atoms with Gasteiger partial charge in [0.25, 0.3) is 5.91 Å². The second-order valence-corrected chi connectivity index (χ2v) is 17.4. The third-order valence-electron chi connectivity index (χ3n) is 12.4. The Hall–Kier alpha value is -2.91. The highest BCUT2D eigenvalue weighted by Crippen LogP contribution is 2.65. The third kappa shape index (κ3) is 8.27. The van der Waals surface area contributed by atoms with E-state index in [1.54, 1.807) is 4.90 Å². The minimum atomic E-state index is -0.953. The summed E-state index contributed by atoms with van der Waals surface area (Å²) < 4.78 is 0. The van der Waals surface area contributed by atoms with Crippen LogP contribution in [0.15, 0.2) is 12.7 Å². The van der Waals surface area contributed by atoms with Gasteiger partial charge < -0.3 is 26.2 Å². The zero-order valence-electron chi connectivity index (χ0n) is 30.1. The van der Waals surface area contributed by atoms with E-state index >= 15 is 0 Å². The first-order valence-electron chi connectivity index (χ1n) is 18.8. The largest absolute Gasteiger partial charge is 0.346 e. The topological polar surface area (TPSA) is 137 Å². The first-order chi connectivity index (χ1) is 22.7. The van der Waals surface area contributed by atoms with Gasteiger partial charge in [-0.2, -0.15) is 0 Å². The maximum absolute atomic E-state index is 14.5. The van der Waals surface area contributed by atoms with Crippen LogP contribution >= 0.6 is 0 Å². The van der Waals surface area contributed by atoms with E-state index in [2.05, 4.69) is 41.7 Å². The van der Waals surface area contributed by atoms with Crippen LogP contribution in [-0.4, -0.2) is 71.2 Å². The van der Waals surface area contributed by atoms with Gasteiger partial charge in [-0.1, -0.05) is 98.5 Å². The molecular formula is C38H61N5O5. The highest BCUT2D eigenvalue weighted by Gasteiger charge is 2.70. The molecule has 0 aromatic carbocycles. The number of fused-ring (bicyclic) bond motifs is 1. The maximum Gasteiger partial charge on any atom is 0.315 e. The molecule has 268 valence electrons. The summed E-state index contributed by atoms with van der Waals surface area (Å²) in [5.41, 5.74) is -1.00. The molecule has 0 spiro atoms. The molecule has 5 atom stereocenters. The van der Waals surface area contributed by atoms with Gasteiger partial charge in [-0.3, -0.25) is 19.2 Å². The normalized spacial score (nSPS) is 27.3. The molecule has 2 unspecified atom stereocenters. The Bertz CT molecular complexity index is 1240. The number of hydrogen-bond acceptors (Lipinski definition) is 5. The molecule has 0 radical (unpaired) electrons. The highest BCUT2D eigenvalue weighted by atomic mass is 16.2. The molecule has 1 aliphatic heterocycles. The van der Waals surface area contributed by atoms with Gasteiger partial charge >= 0.3 is 6.03 Å². The molecule has 1 heterocycles. The van der Waals surface area contributed by atoms with Gasteiger partial charge in [0.05, 0.1) is 6.04 Å². The van der Waals surface area contributed by atoms with E-state index in [9.17, 15) is 24.0 Å². The second kappa shape index (κ2) is 14.5. The second-order valence-electron chi connectivity index (χ2n) is 17.4. The van der Waals surface area contributed by atoms with Gasteiger partial charge in [-0.25, -0.2) is 4.79 Å². The number of rotatable bonds is 14. The summed E-state index contributed by atoms with van der Waals surface area (Å²) in [4.78, 5) is 69.8. The number of carbonyl (C=O) groups is 5. The number of likely N-dealkylation sites (tertiary alicyclic amines) is 1. The van der Waals surface area contributed by atoms with Gasteiger partial charge in [0.15, 0.2) is 0 Å². The van der Waals surface area contributed by atoms with Crippen molar-refractivity contribution in [2.24, 2.45) is 34.5 Å². The number of amides is 5. The summed E-state index contributed by atoms with van der Waals surface area (Å²) in [6.07, 6.45) is 16.4. The quantitative estimate of drug-likeness (QED) is 0.153. The molecule has 1 saturated heterocycles. The fourth-order valence-electron chi connectivity index (χ4n) is 9.07. The highest BCUT2D eigenvalue weighted by molar-refractivity contribution is 6.38. The Morgan fingerprint density at radius 2 is 1.58 bits per heavy atom. The number of urea groups is 1. The van der Waals surface area contributed by atoms with Crippen LogP contribution in [0.3, 0.4) is 0 Å². The average Bonchev–Trinajstić information content (AvgIpc) is 3.74. The fraction of sp³-hybridized carbons (Fsp3) is 0.816. The average molecular weight is 668 g/mol. The van der Waals surface area contributed by atoms with Gasteiger partial charge in [0, 0.05) is 18.6 Å². The van der Waals surface area contributed by atoms with Crippen molar-refractivity contribution in [3.05, 3.63) is 12.7 Å². The van der Waals surface area contributed by atoms with Gasteiger partial charge in [-0.05, 0) is 66.6 Å². The van der Waals surface area contributed by atoms with Gasteiger partial charge in [0.1, 0.15) is 12.1 Å². The number of nitrogens with one attached hydrogen (secondary N) is 4. The molecule has 5 fully saturated rings. The number of carbonyl (C=O) groups excluding carboxylic acids is 5. The summed E-state index contributed by atoms with van der Waals surface area (Å²) in [5.74, 6) is -0.990. The number of nitrogens with zero attached hydrogens (tertiary/aromatic N) is 1. The van der Waals surface area contributed by atoms with Crippen LogP contribution in [0.4, 0.5) is 4.79 Å². The van der Waals surface area contributed by atoms with Crippen LogP contribution in [0.2, 0.25) is 0 Å². The van der Waals surface area contributed by atoms with Crippen molar-refractivity contribution >= 4 is 29.5 Å². The summed E-state index contributed by atoms with van der Waals surface area (Å²) >= 11 is 0. The number of hydrogen-bond donors (Lipinski definition) is 4. The van der Waals surface area contributed by atoms with E-state index < -0.39 is 41.1 Å². The molecular weight excluding hydrogens is 606 g/mol. The summed E-state index contributed by atoms with van der Waals surface area (Å²) in [5, 5.41) is 11.9. The fourth-order valence-corrected chi connectivity index (χ4v) is 9.07. The van der Waals surface area contributed by atoms with Crippen LogP contribution in [-0.2, 0) is 19.2 Å². The molecule has 4 saturated carbocycles. The Labute approximate surface area is 287 Å². The predicted molar refractivity (Wildman–Crippen MR) is 186 cm³/mol. The Balaban J connectivity index is 1.30. The van der Waals surface area contributed by atoms with E-state index in [0.717, 1.165) is 57.3 Å². The molecule has 0 bridgehead atoms. The predicted octanol–water partition coefficient (Wildman–Crippen LogP) is 5.01. The van der Waals surface area contributed by atoms with Crippen molar-refractivity contribution in [3.63, 3.8) is 0 Å². The molecule has 5 aliphatic rings. The molecule has 4 N–H and O–H groups in total. The lowest BCUT2D eigenvalue weighted by molar-refractivity contribution is -0.145. The minimum absolute atomic E-state index is 0.0664. The first-order valence-corrected chi connectivity index (χ1v) is 18.8. The maximum atomic E-state index is 14.5. The standard InChI is InChI=1S/C38H61N5O5/c1-7-21-39-33(46)30(44)27(22-25-15-16-25)40-32(45)29-28-26(37(28,5)6)23-43(29)34(47)31(36(2,3)4)41-35(48)42-38(18-11-8-12-19-38)20-17-24-13-9-10-14-24/h7,24-29,31H,1,8-23H2,2-6H3,(H,39,46)(H,40,45)(H2,41,42,48)/t26?,27?,28-,29-,31+/m0/s1. The summed E-state index contributed by atoms with van der Waals surface area (Å²) in [7, 11) is 0. The zero-order chi connectivity index (χ0) is 34.9. The molecule has 0 aromatic rings. The molecule has 5 rings (SSSR count). The van der Waals surface area contributed by atoms with Crippen molar-refractivity contribution < 1.29 is 24.0 Å². The van der Waals surface area contributed by atoms with E-state index in [1.165, 1.54) is 38.2 Å². The van der Waals surface area contributed by atoms with E-state index in [4.69, 9.17) is 0 Å². The van der Waals surface area contributed by atoms with Crippen LogP contribution in [0, 0.1) is 34.5 Å². The van der Waals surface area contributed by atoms with E-state index in [0.29, 0.717) is 13.0 Å². The summed E-state index contributed by atoms with van der Waals surface area (Å²) in [6, 6.07) is -2.90. The molecule has 5 amide bonds. The summed E-state index contributed by atoms with van der Waals surface area (Å²) in [6.45, 7) is 14.2. The SMILES string of the molecule is C=CCNC(=O)C(=O)C(CC1CC1)NC(=O)[C@@H]1[C@@H]2C(CN1C(=O)[C@@H](NC(=O)NC1(CCC3CCCC3)CCCCC1)C(C)(C)C)C2(C)C.